The molecule has 1 heterocycles. The highest BCUT2D eigenvalue weighted by molar-refractivity contribution is 6.34. The van der Waals surface area contributed by atoms with Gasteiger partial charge in [0.25, 0.3) is 0 Å². The van der Waals surface area contributed by atoms with Crippen LogP contribution >= 0.6 is 11.6 Å². The number of hydrogen-bond donors (Lipinski definition) is 1. The normalized spacial score (nSPS) is 11.1. The Bertz CT molecular complexity index is 476. The van der Waals surface area contributed by atoms with E-state index in [0.717, 1.165) is 23.9 Å². The quantitative estimate of drug-likeness (QED) is 0.863. The van der Waals surface area contributed by atoms with Crippen molar-refractivity contribution in [3.8, 4) is 0 Å². The molecule has 1 N–H and O–H groups in total. The zero-order valence-corrected chi connectivity index (χ0v) is 9.67. The zero-order chi connectivity index (χ0) is 10.8. The summed E-state index contributed by atoms with van der Waals surface area (Å²) < 4.78 is 1.72. The molecule has 15 heavy (non-hydrogen) atoms. The summed E-state index contributed by atoms with van der Waals surface area (Å²) in [6, 6.07) is 6.14. The number of rotatable bonds is 3. The lowest BCUT2D eigenvalue weighted by Gasteiger charge is -2.00. The molecule has 0 aliphatic heterocycles. The molecule has 0 aliphatic rings. The van der Waals surface area contributed by atoms with Crippen LogP contribution in [-0.4, -0.2) is 23.4 Å². The fourth-order valence-corrected chi connectivity index (χ4v) is 1.90. The molecule has 0 bridgehead atoms. The predicted octanol–water partition coefficient (Wildman–Crippen LogP) is 1.99. The van der Waals surface area contributed by atoms with E-state index in [4.69, 9.17) is 11.6 Å². The molecule has 4 heteroatoms. The third kappa shape index (κ3) is 1.85. The SMILES string of the molecule is CNCCc1cccc2c(Cl)n(C)nc12. The molecule has 0 aliphatic carbocycles. The molecule has 0 saturated carbocycles. The number of aryl methyl sites for hydroxylation is 1. The van der Waals surface area contributed by atoms with Gasteiger partial charge in [-0.15, -0.1) is 0 Å². The molecule has 1 aromatic heterocycles. The third-order valence-electron chi connectivity index (χ3n) is 2.52. The summed E-state index contributed by atoms with van der Waals surface area (Å²) in [6.45, 7) is 0.952. The molecule has 0 fully saturated rings. The van der Waals surface area contributed by atoms with Crippen molar-refractivity contribution in [3.63, 3.8) is 0 Å². The minimum atomic E-state index is 0.705. The van der Waals surface area contributed by atoms with Gasteiger partial charge < -0.3 is 5.32 Å². The number of nitrogens with zero attached hydrogens (tertiary/aromatic N) is 2. The topological polar surface area (TPSA) is 29.9 Å². The number of fused-ring (bicyclic) bond motifs is 1. The Kier molecular flexibility index (Phi) is 2.93. The van der Waals surface area contributed by atoms with E-state index < -0.39 is 0 Å². The molecular weight excluding hydrogens is 210 g/mol. The van der Waals surface area contributed by atoms with Crippen LogP contribution in [0.1, 0.15) is 5.56 Å². The molecule has 1 aromatic carbocycles. The lowest BCUT2D eigenvalue weighted by Crippen LogP contribution is -2.10. The lowest BCUT2D eigenvalue weighted by atomic mass is 10.1. The minimum absolute atomic E-state index is 0.705. The number of benzene rings is 1. The molecule has 0 unspecified atom stereocenters. The van der Waals surface area contributed by atoms with Gasteiger partial charge >= 0.3 is 0 Å². The van der Waals surface area contributed by atoms with Crippen LogP contribution in [0.5, 0.6) is 0 Å². The highest BCUT2D eigenvalue weighted by atomic mass is 35.5. The molecular formula is C11H14ClN3. The van der Waals surface area contributed by atoms with Crippen LogP contribution in [0.3, 0.4) is 0 Å². The second-order valence-electron chi connectivity index (χ2n) is 3.58. The molecule has 0 saturated heterocycles. The highest BCUT2D eigenvalue weighted by Gasteiger charge is 2.09. The van der Waals surface area contributed by atoms with E-state index in [1.165, 1.54) is 5.56 Å². The maximum atomic E-state index is 6.13. The van der Waals surface area contributed by atoms with Gasteiger partial charge in [0.1, 0.15) is 5.15 Å². The second kappa shape index (κ2) is 4.21. The smallest absolute Gasteiger partial charge is 0.134 e. The molecule has 0 amide bonds. The number of likely N-dealkylation sites (N-methyl/N-ethyl adjacent to an activating group) is 1. The van der Waals surface area contributed by atoms with Crippen molar-refractivity contribution in [1.82, 2.24) is 15.1 Å². The molecule has 2 aromatic rings. The molecule has 3 nitrogen and oxygen atoms in total. The van der Waals surface area contributed by atoms with Crippen LogP contribution in [0.4, 0.5) is 0 Å². The van der Waals surface area contributed by atoms with E-state index in [1.54, 1.807) is 4.68 Å². The maximum Gasteiger partial charge on any atom is 0.134 e. The summed E-state index contributed by atoms with van der Waals surface area (Å²) in [7, 11) is 3.82. The van der Waals surface area contributed by atoms with Gasteiger partial charge in [-0.05, 0) is 31.6 Å². The van der Waals surface area contributed by atoms with Crippen LogP contribution in [0.25, 0.3) is 10.9 Å². The van der Waals surface area contributed by atoms with Crippen molar-refractivity contribution in [2.24, 2.45) is 7.05 Å². The third-order valence-corrected chi connectivity index (χ3v) is 2.97. The Morgan fingerprint density at radius 3 is 3.00 bits per heavy atom. The number of halogens is 1. The van der Waals surface area contributed by atoms with E-state index in [0.29, 0.717) is 5.15 Å². The Morgan fingerprint density at radius 1 is 1.47 bits per heavy atom. The molecule has 0 atom stereocenters. The molecule has 0 spiro atoms. The van der Waals surface area contributed by atoms with Crippen LogP contribution < -0.4 is 5.32 Å². The van der Waals surface area contributed by atoms with Crippen LogP contribution in [-0.2, 0) is 13.5 Å². The average molecular weight is 224 g/mol. The first-order valence-corrected chi connectivity index (χ1v) is 5.36. The van der Waals surface area contributed by atoms with Gasteiger partial charge in [0.2, 0.25) is 0 Å². The Balaban J connectivity index is 2.51. The number of aromatic nitrogens is 2. The van der Waals surface area contributed by atoms with E-state index in [2.05, 4.69) is 16.5 Å². The van der Waals surface area contributed by atoms with Gasteiger partial charge in [0, 0.05) is 12.4 Å². The highest BCUT2D eigenvalue weighted by Crippen LogP contribution is 2.25. The fourth-order valence-electron chi connectivity index (χ4n) is 1.71. The van der Waals surface area contributed by atoms with E-state index in [9.17, 15) is 0 Å². The van der Waals surface area contributed by atoms with Crippen molar-refractivity contribution in [1.29, 1.82) is 0 Å². The van der Waals surface area contributed by atoms with Crippen molar-refractivity contribution in [2.75, 3.05) is 13.6 Å². The van der Waals surface area contributed by atoms with E-state index in [1.807, 2.05) is 26.2 Å². The Morgan fingerprint density at radius 2 is 2.27 bits per heavy atom. The van der Waals surface area contributed by atoms with Gasteiger partial charge in [-0.1, -0.05) is 23.7 Å². The first-order chi connectivity index (χ1) is 7.24. The van der Waals surface area contributed by atoms with Crippen LogP contribution in [0.15, 0.2) is 18.2 Å². The summed E-state index contributed by atoms with van der Waals surface area (Å²) in [4.78, 5) is 0. The van der Waals surface area contributed by atoms with E-state index in [-0.39, 0.29) is 0 Å². The van der Waals surface area contributed by atoms with Crippen molar-refractivity contribution >= 4 is 22.5 Å². The standard InChI is InChI=1S/C11H14ClN3/c1-13-7-6-8-4-3-5-9-10(8)14-15(2)11(9)12/h3-5,13H,6-7H2,1-2H3. The van der Waals surface area contributed by atoms with Gasteiger partial charge in [0.15, 0.2) is 0 Å². The summed E-state index contributed by atoms with van der Waals surface area (Å²) in [5, 5.41) is 9.30. The number of hydrogen-bond acceptors (Lipinski definition) is 2. The largest absolute Gasteiger partial charge is 0.319 e. The summed E-state index contributed by atoms with van der Waals surface area (Å²) in [5.74, 6) is 0. The molecule has 2 rings (SSSR count). The summed E-state index contributed by atoms with van der Waals surface area (Å²) in [6.07, 6.45) is 0.973. The van der Waals surface area contributed by atoms with Crippen molar-refractivity contribution in [2.45, 2.75) is 6.42 Å². The van der Waals surface area contributed by atoms with Crippen LogP contribution in [0, 0.1) is 0 Å². The van der Waals surface area contributed by atoms with Crippen molar-refractivity contribution < 1.29 is 0 Å². The van der Waals surface area contributed by atoms with Gasteiger partial charge in [-0.25, -0.2) is 0 Å². The Labute approximate surface area is 94.0 Å². The minimum Gasteiger partial charge on any atom is -0.319 e. The number of nitrogens with one attached hydrogen (secondary N) is 1. The van der Waals surface area contributed by atoms with Crippen molar-refractivity contribution in [3.05, 3.63) is 28.9 Å². The van der Waals surface area contributed by atoms with Gasteiger partial charge in [-0.2, -0.15) is 5.10 Å². The predicted molar refractivity (Wildman–Crippen MR) is 63.4 cm³/mol. The maximum absolute atomic E-state index is 6.13. The zero-order valence-electron chi connectivity index (χ0n) is 8.92. The van der Waals surface area contributed by atoms with Gasteiger partial charge in [0.05, 0.1) is 5.52 Å². The van der Waals surface area contributed by atoms with Gasteiger partial charge in [-0.3, -0.25) is 4.68 Å². The first-order valence-electron chi connectivity index (χ1n) is 4.98. The van der Waals surface area contributed by atoms with Crippen LogP contribution in [0.2, 0.25) is 5.15 Å². The lowest BCUT2D eigenvalue weighted by molar-refractivity contribution is 0.770. The van der Waals surface area contributed by atoms with E-state index >= 15 is 0 Å². The second-order valence-corrected chi connectivity index (χ2v) is 3.94. The average Bonchev–Trinajstić information content (AvgIpc) is 2.53. The Hall–Kier alpha value is -1.06. The summed E-state index contributed by atoms with van der Waals surface area (Å²) in [5.41, 5.74) is 2.25. The monoisotopic (exact) mass is 223 g/mol. The first kappa shape index (κ1) is 10.5. The fraction of sp³-hybridized carbons (Fsp3) is 0.364. The molecule has 80 valence electrons. The summed E-state index contributed by atoms with van der Waals surface area (Å²) >= 11 is 6.13. The molecule has 0 radical (unpaired) electrons.